The minimum Gasteiger partial charge on any atom is -0.382 e. The highest BCUT2D eigenvalue weighted by Crippen LogP contribution is 1.99. The number of ether oxygens (including phenoxy) is 2. The van der Waals surface area contributed by atoms with E-state index in [2.05, 4.69) is 32.1 Å². The monoisotopic (exact) mass is 500 g/mol. The number of hydrogen-bond donors (Lipinski definition) is 2. The second kappa shape index (κ2) is 16.6. The molecule has 0 aromatic carbocycles. The van der Waals surface area contributed by atoms with E-state index in [0.717, 1.165) is 49.3 Å². The van der Waals surface area contributed by atoms with Crippen molar-refractivity contribution in [2.45, 2.75) is 26.3 Å². The van der Waals surface area contributed by atoms with E-state index in [1.54, 1.807) is 7.11 Å². The third kappa shape index (κ3) is 11.2. The maximum atomic E-state index is 5.47. The molecule has 0 amide bonds. The number of aromatic nitrogens is 3. The Hall–Kier alpha value is -0.590. The topological polar surface area (TPSA) is 85.6 Å². The van der Waals surface area contributed by atoms with E-state index in [4.69, 9.17) is 9.47 Å². The Morgan fingerprint density at radius 3 is 2.50 bits per heavy atom. The first kappa shape index (κ1) is 25.4. The zero-order valence-electron chi connectivity index (χ0n) is 16.3. The number of nitrogens with one attached hydrogen (secondary N) is 2. The zero-order chi connectivity index (χ0) is 18.3. The second-order valence-electron chi connectivity index (χ2n) is 5.55. The van der Waals surface area contributed by atoms with Gasteiger partial charge in [-0.15, -0.1) is 34.2 Å². The summed E-state index contributed by atoms with van der Waals surface area (Å²) < 4.78 is 12.4. The molecule has 0 aliphatic rings. The number of nitrogens with zero attached hydrogens (tertiary/aromatic N) is 4. The van der Waals surface area contributed by atoms with Gasteiger partial charge in [-0.05, 0) is 31.8 Å². The van der Waals surface area contributed by atoms with Gasteiger partial charge in [0.05, 0.1) is 13.2 Å². The van der Waals surface area contributed by atoms with E-state index in [1.165, 1.54) is 0 Å². The fourth-order valence-electron chi connectivity index (χ4n) is 1.96. The minimum absolute atomic E-state index is 0. The highest BCUT2D eigenvalue weighted by atomic mass is 127. The lowest BCUT2D eigenvalue weighted by molar-refractivity contribution is 0.0698. The Morgan fingerprint density at radius 1 is 1.15 bits per heavy atom. The van der Waals surface area contributed by atoms with Crippen LogP contribution in [0, 0.1) is 6.92 Å². The SMILES string of the molecule is COCCOCCCNC(=NCc1nnc(C)n1C)NCCCSC.I. The molecule has 8 nitrogen and oxygen atoms in total. The molecule has 0 spiro atoms. The highest BCUT2D eigenvalue weighted by Gasteiger charge is 2.05. The number of hydrogen-bond acceptors (Lipinski definition) is 6. The van der Waals surface area contributed by atoms with Crippen molar-refractivity contribution in [3.63, 3.8) is 0 Å². The van der Waals surface area contributed by atoms with Crippen LogP contribution in [0.2, 0.25) is 0 Å². The molecule has 1 aromatic rings. The van der Waals surface area contributed by atoms with Crippen LogP contribution < -0.4 is 10.6 Å². The van der Waals surface area contributed by atoms with Crippen LogP contribution in [0.1, 0.15) is 24.5 Å². The summed E-state index contributed by atoms with van der Waals surface area (Å²) in [6.07, 6.45) is 4.14. The first-order valence-corrected chi connectivity index (χ1v) is 10.0. The van der Waals surface area contributed by atoms with Crippen molar-refractivity contribution >= 4 is 41.7 Å². The Bertz CT molecular complexity index is 501. The number of halogens is 1. The normalized spacial score (nSPS) is 11.3. The quantitative estimate of drug-likeness (QED) is 0.184. The maximum Gasteiger partial charge on any atom is 0.191 e. The lowest BCUT2D eigenvalue weighted by Gasteiger charge is -2.12. The van der Waals surface area contributed by atoms with E-state index in [9.17, 15) is 0 Å². The van der Waals surface area contributed by atoms with E-state index in [1.807, 2.05) is 30.3 Å². The van der Waals surface area contributed by atoms with Gasteiger partial charge in [-0.3, -0.25) is 0 Å². The number of thioether (sulfide) groups is 1. The van der Waals surface area contributed by atoms with E-state index in [-0.39, 0.29) is 24.0 Å². The van der Waals surface area contributed by atoms with Gasteiger partial charge in [0, 0.05) is 33.9 Å². The first-order valence-electron chi connectivity index (χ1n) is 8.61. The van der Waals surface area contributed by atoms with Gasteiger partial charge in [0.2, 0.25) is 0 Å². The number of rotatable bonds is 13. The highest BCUT2D eigenvalue weighted by molar-refractivity contribution is 14.0. The molecule has 1 heterocycles. The fraction of sp³-hybridized carbons (Fsp3) is 0.812. The molecule has 26 heavy (non-hydrogen) atoms. The van der Waals surface area contributed by atoms with Crippen molar-refractivity contribution in [1.82, 2.24) is 25.4 Å². The summed E-state index contributed by atoms with van der Waals surface area (Å²) in [6.45, 7) is 6.11. The van der Waals surface area contributed by atoms with E-state index >= 15 is 0 Å². The average Bonchev–Trinajstić information content (AvgIpc) is 2.93. The molecule has 2 N–H and O–H groups in total. The van der Waals surface area contributed by atoms with Gasteiger partial charge in [0.25, 0.3) is 0 Å². The largest absolute Gasteiger partial charge is 0.382 e. The van der Waals surface area contributed by atoms with Gasteiger partial charge in [0.1, 0.15) is 12.4 Å². The molecule has 0 unspecified atom stereocenters. The van der Waals surface area contributed by atoms with Crippen LogP contribution in [-0.2, 0) is 23.1 Å². The van der Waals surface area contributed by atoms with E-state index in [0.29, 0.717) is 26.4 Å². The van der Waals surface area contributed by atoms with E-state index < -0.39 is 0 Å². The van der Waals surface area contributed by atoms with Gasteiger partial charge in [-0.1, -0.05) is 0 Å². The number of guanidine groups is 1. The summed E-state index contributed by atoms with van der Waals surface area (Å²) in [7, 11) is 3.63. The molecule has 0 aliphatic carbocycles. The Balaban J connectivity index is 0.00000625. The Labute approximate surface area is 178 Å². The predicted molar refractivity (Wildman–Crippen MR) is 119 cm³/mol. The summed E-state index contributed by atoms with van der Waals surface area (Å²) >= 11 is 1.85. The molecular formula is C16H33IN6O2S. The van der Waals surface area contributed by atoms with Crippen molar-refractivity contribution in [2.75, 3.05) is 52.0 Å². The van der Waals surface area contributed by atoms with Crippen molar-refractivity contribution in [3.8, 4) is 0 Å². The van der Waals surface area contributed by atoms with Crippen LogP contribution in [-0.4, -0.2) is 72.8 Å². The molecule has 0 saturated carbocycles. The maximum absolute atomic E-state index is 5.47. The molecule has 10 heteroatoms. The average molecular weight is 500 g/mol. The number of methoxy groups -OCH3 is 1. The number of aliphatic imine (C=N–C) groups is 1. The van der Waals surface area contributed by atoms with Gasteiger partial charge >= 0.3 is 0 Å². The summed E-state index contributed by atoms with van der Waals surface area (Å²) in [6, 6.07) is 0. The van der Waals surface area contributed by atoms with Crippen LogP contribution in [0.15, 0.2) is 4.99 Å². The lowest BCUT2D eigenvalue weighted by atomic mass is 10.4. The molecule has 1 aromatic heterocycles. The lowest BCUT2D eigenvalue weighted by Crippen LogP contribution is -2.39. The third-order valence-corrected chi connectivity index (χ3v) is 4.27. The molecule has 0 aliphatic heterocycles. The van der Waals surface area contributed by atoms with Crippen LogP contribution in [0.25, 0.3) is 0 Å². The Morgan fingerprint density at radius 2 is 1.88 bits per heavy atom. The fourth-order valence-corrected chi connectivity index (χ4v) is 2.39. The summed E-state index contributed by atoms with van der Waals surface area (Å²) in [5, 5.41) is 14.9. The summed E-state index contributed by atoms with van der Waals surface area (Å²) in [5.74, 6) is 3.68. The summed E-state index contributed by atoms with van der Waals surface area (Å²) in [5.41, 5.74) is 0. The molecule has 0 bridgehead atoms. The van der Waals surface area contributed by atoms with Gasteiger partial charge in [-0.25, -0.2) is 4.99 Å². The first-order chi connectivity index (χ1) is 12.2. The van der Waals surface area contributed by atoms with Crippen molar-refractivity contribution in [3.05, 3.63) is 11.6 Å². The number of aryl methyl sites for hydroxylation is 1. The molecule has 0 atom stereocenters. The summed E-state index contributed by atoms with van der Waals surface area (Å²) in [4.78, 5) is 4.62. The molecule has 152 valence electrons. The predicted octanol–water partition coefficient (Wildman–Crippen LogP) is 1.58. The zero-order valence-corrected chi connectivity index (χ0v) is 19.4. The Kier molecular flexibility index (Phi) is 16.2. The molecule has 0 saturated heterocycles. The van der Waals surface area contributed by atoms with Crippen LogP contribution in [0.4, 0.5) is 0 Å². The molecule has 0 fully saturated rings. The standard InChI is InChI=1S/C16H32N6O2S.HI/c1-14-20-21-15(22(14)2)13-19-16(18-8-6-12-25-4)17-7-5-9-24-11-10-23-3;/h5-13H2,1-4H3,(H2,17,18,19);1H. The minimum atomic E-state index is 0. The van der Waals surface area contributed by atoms with Gasteiger partial charge < -0.3 is 24.7 Å². The van der Waals surface area contributed by atoms with Gasteiger partial charge in [-0.2, -0.15) is 11.8 Å². The molecule has 0 radical (unpaired) electrons. The van der Waals surface area contributed by atoms with Crippen LogP contribution >= 0.6 is 35.7 Å². The third-order valence-electron chi connectivity index (χ3n) is 3.57. The van der Waals surface area contributed by atoms with Crippen LogP contribution in [0.3, 0.4) is 0 Å². The van der Waals surface area contributed by atoms with Crippen molar-refractivity contribution < 1.29 is 9.47 Å². The van der Waals surface area contributed by atoms with Crippen molar-refractivity contribution in [2.24, 2.45) is 12.0 Å². The van der Waals surface area contributed by atoms with Gasteiger partial charge in [0.15, 0.2) is 11.8 Å². The smallest absolute Gasteiger partial charge is 0.191 e. The van der Waals surface area contributed by atoms with Crippen molar-refractivity contribution in [1.29, 1.82) is 0 Å². The van der Waals surface area contributed by atoms with Crippen LogP contribution in [0.5, 0.6) is 0 Å². The molecular weight excluding hydrogens is 467 g/mol. The second-order valence-corrected chi connectivity index (χ2v) is 6.53. The molecule has 1 rings (SSSR count).